The highest BCUT2D eigenvalue weighted by atomic mass is 32.2. The molecule has 1 heterocycles. The topological polar surface area (TPSA) is 111 Å². The van der Waals surface area contributed by atoms with Crippen LogP contribution < -0.4 is 14.8 Å². The average Bonchev–Trinajstić information content (AvgIpc) is 2.96. The Morgan fingerprint density at radius 3 is 2.20 bits per heavy atom. The van der Waals surface area contributed by atoms with Crippen LogP contribution in [0.3, 0.4) is 0 Å². The number of hydrogen-bond acceptors (Lipinski definition) is 7. The first kappa shape index (κ1) is 29.1. The molecule has 3 aromatic rings. The summed E-state index contributed by atoms with van der Waals surface area (Å²) >= 11 is 0. The Hall–Kier alpha value is -3.93. The summed E-state index contributed by atoms with van der Waals surface area (Å²) in [6.45, 7) is 4.68. The number of likely N-dealkylation sites (N-methyl/N-ethyl adjacent to an activating group) is 1. The molecule has 1 fully saturated rings. The van der Waals surface area contributed by atoms with E-state index in [0.29, 0.717) is 24.6 Å². The number of amides is 2. The third-order valence-corrected chi connectivity index (χ3v) is 7.90. The number of ether oxygens (including phenoxy) is 1. The number of hydrogen-bond donors (Lipinski definition) is 2. The zero-order valence-electron chi connectivity index (χ0n) is 22.7. The van der Waals surface area contributed by atoms with Gasteiger partial charge in [-0.3, -0.25) is 19.2 Å². The van der Waals surface area contributed by atoms with Gasteiger partial charge in [-0.05, 0) is 62.6 Å². The number of nitrogens with zero attached hydrogens (tertiary/aromatic N) is 3. The van der Waals surface area contributed by atoms with Crippen molar-refractivity contribution in [1.82, 2.24) is 20.0 Å². The van der Waals surface area contributed by atoms with E-state index in [4.69, 9.17) is 4.74 Å². The van der Waals surface area contributed by atoms with Gasteiger partial charge in [0.05, 0.1) is 17.1 Å². The van der Waals surface area contributed by atoms with Gasteiger partial charge < -0.3 is 19.9 Å². The molecule has 1 aliphatic rings. The molecule has 0 aromatic heterocycles. The van der Waals surface area contributed by atoms with Crippen LogP contribution in [0.4, 0.5) is 5.69 Å². The van der Waals surface area contributed by atoms with E-state index in [-0.39, 0.29) is 28.6 Å². The van der Waals surface area contributed by atoms with Gasteiger partial charge >= 0.3 is 0 Å². The number of piperazine rings is 1. The molecule has 0 aliphatic carbocycles. The van der Waals surface area contributed by atoms with Gasteiger partial charge in [0.1, 0.15) is 5.75 Å². The molecule has 1 aliphatic heterocycles. The van der Waals surface area contributed by atoms with Crippen molar-refractivity contribution in [2.45, 2.75) is 4.90 Å². The van der Waals surface area contributed by atoms with Crippen LogP contribution in [0.1, 0.15) is 10.4 Å². The van der Waals surface area contributed by atoms with E-state index in [9.17, 15) is 18.0 Å². The molecule has 2 amide bonds. The van der Waals surface area contributed by atoms with Crippen LogP contribution in [0.25, 0.3) is 0 Å². The van der Waals surface area contributed by atoms with E-state index < -0.39 is 15.9 Å². The second kappa shape index (κ2) is 13.4. The van der Waals surface area contributed by atoms with Crippen LogP contribution in [-0.2, 0) is 14.8 Å². The summed E-state index contributed by atoms with van der Waals surface area (Å²) in [5.74, 6) is 0.343. The maximum Gasteiger partial charge on any atom is 0.262 e. The van der Waals surface area contributed by atoms with Crippen LogP contribution in [0.2, 0.25) is 0 Å². The van der Waals surface area contributed by atoms with Crippen molar-refractivity contribution in [3.63, 3.8) is 0 Å². The van der Waals surface area contributed by atoms with Crippen molar-refractivity contribution in [3.05, 3.63) is 84.4 Å². The molecular weight excluding hydrogens is 530 g/mol. The lowest BCUT2D eigenvalue weighted by molar-refractivity contribution is -0.131. The lowest BCUT2D eigenvalue weighted by Crippen LogP contribution is -2.52. The first-order valence-corrected chi connectivity index (χ1v) is 14.6. The summed E-state index contributed by atoms with van der Waals surface area (Å²) in [6.07, 6.45) is 0. The molecule has 1 saturated heterocycles. The summed E-state index contributed by atoms with van der Waals surface area (Å²) in [5.41, 5.74) is 0.540. The number of benzene rings is 3. The highest BCUT2D eigenvalue weighted by Crippen LogP contribution is 2.30. The highest BCUT2D eigenvalue weighted by molar-refractivity contribution is 7.92. The average molecular weight is 566 g/mol. The molecule has 212 valence electrons. The largest absolute Gasteiger partial charge is 0.455 e. The molecule has 3 aromatic carbocycles. The van der Waals surface area contributed by atoms with Crippen molar-refractivity contribution in [1.29, 1.82) is 0 Å². The summed E-state index contributed by atoms with van der Waals surface area (Å²) in [6, 6.07) is 21.3. The fourth-order valence-corrected chi connectivity index (χ4v) is 5.25. The Balaban J connectivity index is 1.30. The number of carbonyl (C=O) groups excluding carboxylic acids is 2. The third kappa shape index (κ3) is 8.04. The van der Waals surface area contributed by atoms with Crippen molar-refractivity contribution < 1.29 is 22.7 Å². The first-order chi connectivity index (χ1) is 19.2. The number of para-hydroxylation sites is 3. The molecule has 0 spiro atoms. The number of sulfonamides is 1. The number of anilines is 1. The van der Waals surface area contributed by atoms with E-state index in [0.717, 1.165) is 26.2 Å². The van der Waals surface area contributed by atoms with Gasteiger partial charge in [-0.25, -0.2) is 8.42 Å². The maximum absolute atomic E-state index is 13.1. The van der Waals surface area contributed by atoms with Crippen LogP contribution >= 0.6 is 0 Å². The Bertz CT molecular complexity index is 1390. The number of nitrogens with one attached hydrogen (secondary N) is 2. The van der Waals surface area contributed by atoms with Gasteiger partial charge in [0.25, 0.3) is 15.9 Å². The van der Waals surface area contributed by atoms with Crippen molar-refractivity contribution in [3.8, 4) is 11.5 Å². The Morgan fingerprint density at radius 1 is 0.875 bits per heavy atom. The van der Waals surface area contributed by atoms with Gasteiger partial charge in [0, 0.05) is 44.8 Å². The van der Waals surface area contributed by atoms with Gasteiger partial charge in [-0.2, -0.15) is 0 Å². The summed E-state index contributed by atoms with van der Waals surface area (Å²) in [5, 5.41) is 2.64. The van der Waals surface area contributed by atoms with Gasteiger partial charge in [-0.15, -0.1) is 0 Å². The standard InChI is InChI=1S/C29H35N5O5S/c1-32(2)16-17-33-18-20-34(21-19-33)28(35)22-30-29(36)23-12-14-25(15-13-23)40(37,38)31-26-10-6-7-11-27(26)39-24-8-4-3-5-9-24/h3-15,31H,16-22H2,1-2H3,(H,30,36). The molecule has 0 saturated carbocycles. The molecule has 11 heteroatoms. The predicted molar refractivity (Wildman–Crippen MR) is 154 cm³/mol. The first-order valence-electron chi connectivity index (χ1n) is 13.1. The molecule has 40 heavy (non-hydrogen) atoms. The van der Waals surface area contributed by atoms with Crippen molar-refractivity contribution >= 4 is 27.5 Å². The summed E-state index contributed by atoms with van der Waals surface area (Å²) < 4.78 is 34.5. The number of carbonyl (C=O) groups is 2. The van der Waals surface area contributed by atoms with Crippen molar-refractivity contribution in [2.24, 2.45) is 0 Å². The van der Waals surface area contributed by atoms with Crippen LogP contribution in [0.15, 0.2) is 83.8 Å². The monoisotopic (exact) mass is 565 g/mol. The quantitative estimate of drug-likeness (QED) is 0.368. The molecule has 4 rings (SSSR count). The van der Waals surface area contributed by atoms with Crippen molar-refractivity contribution in [2.75, 3.05) is 64.6 Å². The van der Waals surface area contributed by atoms with Crippen LogP contribution in [-0.4, -0.2) is 94.8 Å². The second-order valence-corrected chi connectivity index (χ2v) is 11.4. The summed E-state index contributed by atoms with van der Waals surface area (Å²) in [7, 11) is 0.119. The predicted octanol–water partition coefficient (Wildman–Crippen LogP) is 2.72. The minimum Gasteiger partial charge on any atom is -0.455 e. The van der Waals surface area contributed by atoms with Gasteiger partial charge in [-0.1, -0.05) is 30.3 Å². The zero-order chi connectivity index (χ0) is 28.5. The maximum atomic E-state index is 13.1. The Kier molecular flexibility index (Phi) is 9.75. The molecule has 0 atom stereocenters. The second-order valence-electron chi connectivity index (χ2n) is 9.75. The number of rotatable bonds is 11. The molecule has 0 radical (unpaired) electrons. The molecule has 0 bridgehead atoms. The minimum atomic E-state index is -3.95. The Morgan fingerprint density at radius 2 is 1.52 bits per heavy atom. The van der Waals surface area contributed by atoms with Crippen LogP contribution in [0.5, 0.6) is 11.5 Å². The van der Waals surface area contributed by atoms with Gasteiger partial charge in [0.2, 0.25) is 5.91 Å². The summed E-state index contributed by atoms with van der Waals surface area (Å²) in [4.78, 5) is 31.4. The van der Waals surface area contributed by atoms with Crippen LogP contribution in [0, 0.1) is 0 Å². The highest BCUT2D eigenvalue weighted by Gasteiger charge is 2.22. The smallest absolute Gasteiger partial charge is 0.262 e. The van der Waals surface area contributed by atoms with E-state index in [1.54, 1.807) is 41.3 Å². The molecule has 10 nitrogen and oxygen atoms in total. The molecular formula is C29H35N5O5S. The van der Waals surface area contributed by atoms with E-state index in [2.05, 4.69) is 19.8 Å². The lowest BCUT2D eigenvalue weighted by Gasteiger charge is -2.35. The van der Waals surface area contributed by atoms with E-state index in [1.165, 1.54) is 24.3 Å². The fraction of sp³-hybridized carbons (Fsp3) is 0.310. The van der Waals surface area contributed by atoms with E-state index in [1.807, 2.05) is 32.3 Å². The molecule has 0 unspecified atom stereocenters. The zero-order valence-corrected chi connectivity index (χ0v) is 23.6. The lowest BCUT2D eigenvalue weighted by atomic mass is 10.2. The Labute approximate surface area is 235 Å². The normalized spacial score (nSPS) is 14.1. The SMILES string of the molecule is CN(C)CCN1CCN(C(=O)CNC(=O)c2ccc(S(=O)(=O)Nc3ccccc3Oc3ccccc3)cc2)CC1. The van der Waals surface area contributed by atoms with Gasteiger partial charge in [0.15, 0.2) is 5.75 Å². The van der Waals surface area contributed by atoms with E-state index >= 15 is 0 Å². The minimum absolute atomic E-state index is 0.0122. The third-order valence-electron chi connectivity index (χ3n) is 6.52. The fourth-order valence-electron chi connectivity index (χ4n) is 4.18. The molecule has 2 N–H and O–H groups in total.